The van der Waals surface area contributed by atoms with Crippen molar-refractivity contribution in [2.45, 2.75) is 0 Å². The second-order valence-corrected chi connectivity index (χ2v) is 9.99. The first-order valence-electron chi connectivity index (χ1n) is 11.4. The molecule has 0 saturated carbocycles. The lowest BCUT2D eigenvalue weighted by Gasteiger charge is -2.07. The minimum Gasteiger partial charge on any atom is -0.497 e. The number of methoxy groups -OCH3 is 1. The van der Waals surface area contributed by atoms with Crippen molar-refractivity contribution in [3.63, 3.8) is 0 Å². The highest BCUT2D eigenvalue weighted by atomic mass is 35.5. The zero-order valence-corrected chi connectivity index (χ0v) is 22.4. The van der Waals surface area contributed by atoms with Crippen LogP contribution in [0.2, 0.25) is 5.15 Å². The largest absolute Gasteiger partial charge is 0.497 e. The van der Waals surface area contributed by atoms with Gasteiger partial charge in [0, 0.05) is 22.9 Å². The minimum absolute atomic E-state index is 0.289. The summed E-state index contributed by atoms with van der Waals surface area (Å²) in [6.07, 6.45) is 3.14. The van der Waals surface area contributed by atoms with E-state index in [4.69, 9.17) is 28.6 Å². The van der Waals surface area contributed by atoms with Gasteiger partial charge in [0.05, 0.1) is 18.8 Å². The standard InChI is InChI=1S/C28H20ClN5O2S2/c1-36-22-13-11-18(12-14-22)16-30-26-24(38-28(37)34(26)21-8-3-2-4-9-21)27(35)33-31-17-20-15-19-7-5-6-10-23(19)32-25(20)29/h2-17H,1H3,(H,33,35)/b30-16+,31-17+. The van der Waals surface area contributed by atoms with E-state index in [1.165, 1.54) is 6.21 Å². The van der Waals surface area contributed by atoms with E-state index in [0.717, 1.165) is 39.2 Å². The molecule has 5 rings (SSSR count). The molecule has 0 saturated heterocycles. The van der Waals surface area contributed by atoms with E-state index in [1.807, 2.05) is 84.9 Å². The van der Waals surface area contributed by atoms with Gasteiger partial charge in [-0.3, -0.25) is 9.36 Å². The number of pyridine rings is 1. The summed E-state index contributed by atoms with van der Waals surface area (Å²) < 4.78 is 7.47. The van der Waals surface area contributed by atoms with Gasteiger partial charge in [-0.25, -0.2) is 15.4 Å². The number of hydrogen-bond acceptors (Lipinski definition) is 7. The van der Waals surface area contributed by atoms with Gasteiger partial charge < -0.3 is 4.74 Å². The lowest BCUT2D eigenvalue weighted by Crippen LogP contribution is -2.17. The van der Waals surface area contributed by atoms with Crippen molar-refractivity contribution >= 4 is 70.2 Å². The second-order valence-electron chi connectivity index (χ2n) is 7.98. The fraction of sp³-hybridized carbons (Fsp3) is 0.0357. The average Bonchev–Trinajstić information content (AvgIpc) is 3.28. The summed E-state index contributed by atoms with van der Waals surface area (Å²) in [6, 6.07) is 26.4. The molecule has 188 valence electrons. The Hall–Kier alpha value is -4.18. The first-order chi connectivity index (χ1) is 18.5. The molecule has 3 aromatic carbocycles. The van der Waals surface area contributed by atoms with Crippen LogP contribution >= 0.6 is 35.2 Å². The number of halogens is 1. The number of nitrogens with one attached hydrogen (secondary N) is 1. The van der Waals surface area contributed by atoms with Crippen LogP contribution in [0.3, 0.4) is 0 Å². The zero-order valence-electron chi connectivity index (χ0n) is 20.0. The highest BCUT2D eigenvalue weighted by Gasteiger charge is 2.20. The molecule has 1 N–H and O–H groups in total. The van der Waals surface area contributed by atoms with Gasteiger partial charge in [-0.2, -0.15) is 5.10 Å². The van der Waals surface area contributed by atoms with Crippen LogP contribution in [0.15, 0.2) is 95.0 Å². The number of nitrogens with zero attached hydrogens (tertiary/aromatic N) is 4. The van der Waals surface area contributed by atoms with Gasteiger partial charge in [-0.1, -0.05) is 59.3 Å². The molecular formula is C28H20ClN5O2S2. The molecule has 0 aliphatic carbocycles. The van der Waals surface area contributed by atoms with Crippen LogP contribution in [0.4, 0.5) is 5.82 Å². The average molecular weight is 558 g/mol. The molecule has 2 aromatic heterocycles. The third-order valence-corrected chi connectivity index (χ3v) is 7.20. The molecule has 0 spiro atoms. The third-order valence-electron chi connectivity index (χ3n) is 5.53. The van der Waals surface area contributed by atoms with Gasteiger partial charge >= 0.3 is 0 Å². The Bertz CT molecular complexity index is 1730. The highest BCUT2D eigenvalue weighted by Crippen LogP contribution is 2.31. The van der Waals surface area contributed by atoms with Crippen molar-refractivity contribution < 1.29 is 9.53 Å². The van der Waals surface area contributed by atoms with Crippen LogP contribution in [0.1, 0.15) is 20.8 Å². The van der Waals surface area contributed by atoms with E-state index in [2.05, 4.69) is 20.5 Å². The van der Waals surface area contributed by atoms with Crippen molar-refractivity contribution in [2.24, 2.45) is 10.1 Å². The lowest BCUT2D eigenvalue weighted by atomic mass is 10.2. The van der Waals surface area contributed by atoms with Gasteiger partial charge in [0.25, 0.3) is 5.91 Å². The maximum absolute atomic E-state index is 13.2. The van der Waals surface area contributed by atoms with E-state index >= 15 is 0 Å². The van der Waals surface area contributed by atoms with Crippen molar-refractivity contribution in [1.82, 2.24) is 15.0 Å². The Morgan fingerprint density at radius 1 is 1.05 bits per heavy atom. The summed E-state index contributed by atoms with van der Waals surface area (Å²) in [5.74, 6) is 0.698. The van der Waals surface area contributed by atoms with Crippen LogP contribution in [0.25, 0.3) is 16.6 Å². The Kier molecular flexibility index (Phi) is 7.69. The number of ether oxygens (including phenoxy) is 1. The summed E-state index contributed by atoms with van der Waals surface area (Å²) in [7, 11) is 1.61. The first kappa shape index (κ1) is 25.5. The molecule has 10 heteroatoms. The summed E-state index contributed by atoms with van der Waals surface area (Å²) in [5, 5.41) is 5.33. The number of aromatic nitrogens is 2. The predicted molar refractivity (Wildman–Crippen MR) is 157 cm³/mol. The quantitative estimate of drug-likeness (QED) is 0.101. The number of rotatable bonds is 7. The Balaban J connectivity index is 1.46. The Morgan fingerprint density at radius 3 is 2.55 bits per heavy atom. The molecular weight excluding hydrogens is 538 g/mol. The summed E-state index contributed by atoms with van der Waals surface area (Å²) in [5.41, 5.74) is 5.57. The molecule has 0 fully saturated rings. The molecule has 2 heterocycles. The zero-order chi connectivity index (χ0) is 26.5. The monoisotopic (exact) mass is 557 g/mol. The first-order valence-corrected chi connectivity index (χ1v) is 13.0. The maximum atomic E-state index is 13.2. The number of hydrogen-bond donors (Lipinski definition) is 1. The Morgan fingerprint density at radius 2 is 1.79 bits per heavy atom. The number of para-hydroxylation sites is 2. The van der Waals surface area contributed by atoms with Crippen molar-refractivity contribution in [3.8, 4) is 11.4 Å². The molecule has 38 heavy (non-hydrogen) atoms. The number of amides is 1. The second kappa shape index (κ2) is 11.5. The fourth-order valence-electron chi connectivity index (χ4n) is 3.67. The van der Waals surface area contributed by atoms with E-state index in [0.29, 0.717) is 20.2 Å². The smallest absolute Gasteiger partial charge is 0.285 e. The normalized spacial score (nSPS) is 11.4. The van der Waals surface area contributed by atoms with Crippen LogP contribution < -0.4 is 10.2 Å². The van der Waals surface area contributed by atoms with Crippen molar-refractivity contribution in [2.75, 3.05) is 7.11 Å². The molecule has 1 amide bonds. The maximum Gasteiger partial charge on any atom is 0.285 e. The number of carbonyl (C=O) groups excluding carboxylic acids is 1. The molecule has 0 aliphatic heterocycles. The van der Waals surface area contributed by atoms with Gasteiger partial charge in [-0.15, -0.1) is 0 Å². The van der Waals surface area contributed by atoms with Crippen LogP contribution in [-0.4, -0.2) is 35.0 Å². The van der Waals surface area contributed by atoms with E-state index in [1.54, 1.807) is 17.9 Å². The molecule has 7 nitrogen and oxygen atoms in total. The van der Waals surface area contributed by atoms with Crippen LogP contribution in [-0.2, 0) is 0 Å². The number of aliphatic imine (C=N–C) groups is 1. The summed E-state index contributed by atoms with van der Waals surface area (Å²) >= 11 is 13.1. The van der Waals surface area contributed by atoms with Gasteiger partial charge in [0.15, 0.2) is 9.77 Å². The topological polar surface area (TPSA) is 80.9 Å². The third kappa shape index (κ3) is 5.55. The molecule has 5 aromatic rings. The van der Waals surface area contributed by atoms with Crippen LogP contribution in [0.5, 0.6) is 5.75 Å². The molecule has 0 aliphatic rings. The number of thiazole rings is 1. The fourth-order valence-corrected chi connectivity index (χ4v) is 5.14. The SMILES string of the molecule is COc1ccc(/C=N/c2c(C(=O)N/N=C/c3cc4ccccc4nc3Cl)sc(=S)n2-c2ccccc2)cc1. The van der Waals surface area contributed by atoms with Gasteiger partial charge in [-0.05, 0) is 66.3 Å². The van der Waals surface area contributed by atoms with E-state index in [-0.39, 0.29) is 5.15 Å². The molecule has 0 unspecified atom stereocenters. The highest BCUT2D eigenvalue weighted by molar-refractivity contribution is 7.73. The number of hydrazone groups is 1. The van der Waals surface area contributed by atoms with Crippen molar-refractivity contribution in [1.29, 1.82) is 0 Å². The number of carbonyl (C=O) groups is 1. The van der Waals surface area contributed by atoms with Gasteiger partial charge in [0.1, 0.15) is 15.8 Å². The van der Waals surface area contributed by atoms with E-state index in [9.17, 15) is 4.79 Å². The Labute approximate surface area is 232 Å². The number of fused-ring (bicyclic) bond motifs is 1. The molecule has 0 atom stereocenters. The predicted octanol–water partition coefficient (Wildman–Crippen LogP) is 6.99. The van der Waals surface area contributed by atoms with Gasteiger partial charge in [0.2, 0.25) is 0 Å². The summed E-state index contributed by atoms with van der Waals surface area (Å²) in [4.78, 5) is 22.6. The van der Waals surface area contributed by atoms with Crippen molar-refractivity contribution in [3.05, 3.63) is 110 Å². The minimum atomic E-state index is -0.446. The summed E-state index contributed by atoms with van der Waals surface area (Å²) in [6.45, 7) is 0. The molecule has 0 radical (unpaired) electrons. The lowest BCUT2D eigenvalue weighted by molar-refractivity contribution is 0.0959. The van der Waals surface area contributed by atoms with E-state index < -0.39 is 5.91 Å². The number of benzene rings is 3. The van der Waals surface area contributed by atoms with Crippen LogP contribution in [0, 0.1) is 3.95 Å². The molecule has 0 bridgehead atoms.